The number of anilines is 3. The van der Waals surface area contributed by atoms with Crippen molar-refractivity contribution in [2.24, 2.45) is 0 Å². The van der Waals surface area contributed by atoms with Gasteiger partial charge in [0.15, 0.2) is 0 Å². The molecule has 12 heteroatoms. The first-order valence-corrected chi connectivity index (χ1v) is 13.6. The molecule has 3 rings (SSSR count). The maximum atomic E-state index is 13.5. The highest BCUT2D eigenvalue weighted by Gasteiger charge is 2.20. The molecule has 0 spiro atoms. The molecule has 1 aromatic carbocycles. The predicted molar refractivity (Wildman–Crippen MR) is 155 cm³/mol. The van der Waals surface area contributed by atoms with Gasteiger partial charge in [-0.1, -0.05) is 12.1 Å². The van der Waals surface area contributed by atoms with Crippen LogP contribution in [0.2, 0.25) is 0 Å². The molecule has 4 N–H and O–H groups in total. The number of nitrogens with zero attached hydrogens (tertiary/aromatic N) is 2. The number of hydrogen-bond donors (Lipinski definition) is 4. The largest absolute Gasteiger partial charge is 0.444 e. The minimum absolute atomic E-state index is 0.162. The van der Waals surface area contributed by atoms with E-state index in [9.17, 15) is 18.8 Å². The van der Waals surface area contributed by atoms with E-state index in [4.69, 9.17) is 4.74 Å². The standard InChI is InChI=1S/C28H35FN6O4S/c1-28(2,3)39-27(38)34-24-17-40-16-23(24)32-25(36)22-12-11-18(15-30-22)21(10-7-13-35(4)5)33-26(37)31-20-9-6-8-19(29)14-20/h6,8-9,11-12,14-17,21H,7,10,13H2,1-5H3,(H,32,36)(H,34,38)(H2,31,33,37). The lowest BCUT2D eigenvalue weighted by atomic mass is 10.0. The summed E-state index contributed by atoms with van der Waals surface area (Å²) in [5.74, 6) is -0.910. The van der Waals surface area contributed by atoms with Gasteiger partial charge in [0.2, 0.25) is 0 Å². The molecule has 4 amide bonds. The Morgan fingerprint density at radius 1 is 1.05 bits per heavy atom. The fraction of sp³-hybridized carbons (Fsp3) is 0.357. The van der Waals surface area contributed by atoms with Crippen molar-refractivity contribution < 1.29 is 23.5 Å². The Kier molecular flexibility index (Phi) is 10.6. The zero-order valence-electron chi connectivity index (χ0n) is 23.2. The Balaban J connectivity index is 1.67. The zero-order chi connectivity index (χ0) is 29.3. The third-order valence-corrected chi connectivity index (χ3v) is 6.20. The van der Waals surface area contributed by atoms with Gasteiger partial charge in [0.25, 0.3) is 5.91 Å². The van der Waals surface area contributed by atoms with Crippen LogP contribution in [0.15, 0.2) is 53.4 Å². The fourth-order valence-corrected chi connectivity index (χ4v) is 4.37. The smallest absolute Gasteiger partial charge is 0.412 e. The first kappa shape index (κ1) is 30.5. The van der Waals surface area contributed by atoms with Crippen LogP contribution in [0.25, 0.3) is 0 Å². The number of aromatic nitrogens is 1. The van der Waals surface area contributed by atoms with Crippen LogP contribution in [0.5, 0.6) is 0 Å². The zero-order valence-corrected chi connectivity index (χ0v) is 24.0. The topological polar surface area (TPSA) is 125 Å². The molecule has 214 valence electrons. The molecule has 2 aromatic heterocycles. The van der Waals surface area contributed by atoms with Gasteiger partial charge in [0, 0.05) is 22.6 Å². The number of urea groups is 1. The molecule has 3 aromatic rings. The SMILES string of the molecule is CN(C)CCCC(NC(=O)Nc1cccc(F)c1)c1ccc(C(=O)Nc2cscc2NC(=O)OC(C)(C)C)nc1. The van der Waals surface area contributed by atoms with E-state index in [-0.39, 0.29) is 11.7 Å². The first-order chi connectivity index (χ1) is 18.9. The van der Waals surface area contributed by atoms with Crippen LogP contribution in [0.3, 0.4) is 0 Å². The Hall–Kier alpha value is -4.03. The quantitative estimate of drug-likeness (QED) is 0.234. The van der Waals surface area contributed by atoms with Crippen molar-refractivity contribution in [2.75, 3.05) is 36.6 Å². The molecule has 0 fully saturated rings. The Morgan fingerprint density at radius 2 is 1.77 bits per heavy atom. The van der Waals surface area contributed by atoms with E-state index < -0.39 is 29.4 Å². The molecule has 0 saturated carbocycles. The summed E-state index contributed by atoms with van der Waals surface area (Å²) in [6.07, 6.45) is 2.34. The van der Waals surface area contributed by atoms with E-state index in [2.05, 4.69) is 26.3 Å². The maximum absolute atomic E-state index is 13.5. The number of rotatable bonds is 10. The Bertz CT molecular complexity index is 1310. The van der Waals surface area contributed by atoms with Crippen molar-refractivity contribution in [3.63, 3.8) is 0 Å². The van der Waals surface area contributed by atoms with Crippen molar-refractivity contribution >= 4 is 46.4 Å². The van der Waals surface area contributed by atoms with Crippen LogP contribution in [0.1, 0.15) is 55.7 Å². The molecule has 40 heavy (non-hydrogen) atoms. The summed E-state index contributed by atoms with van der Waals surface area (Å²) < 4.78 is 18.8. The Morgan fingerprint density at radius 3 is 2.40 bits per heavy atom. The lowest BCUT2D eigenvalue weighted by molar-refractivity contribution is 0.0635. The lowest BCUT2D eigenvalue weighted by Crippen LogP contribution is -2.33. The van der Waals surface area contributed by atoms with Crippen molar-refractivity contribution in [3.8, 4) is 0 Å². The average Bonchev–Trinajstić information content (AvgIpc) is 3.28. The molecule has 1 atom stereocenters. The average molecular weight is 571 g/mol. The third-order valence-electron chi connectivity index (χ3n) is 5.45. The van der Waals surface area contributed by atoms with E-state index in [0.717, 1.165) is 13.0 Å². The van der Waals surface area contributed by atoms with Crippen LogP contribution in [0, 0.1) is 5.82 Å². The highest BCUT2D eigenvalue weighted by Crippen LogP contribution is 2.28. The van der Waals surface area contributed by atoms with Crippen molar-refractivity contribution in [2.45, 2.75) is 45.3 Å². The second-order valence-corrected chi connectivity index (χ2v) is 11.1. The second kappa shape index (κ2) is 13.9. The number of pyridine rings is 1. The summed E-state index contributed by atoms with van der Waals surface area (Å²) >= 11 is 1.31. The van der Waals surface area contributed by atoms with Crippen molar-refractivity contribution in [1.29, 1.82) is 0 Å². The lowest BCUT2D eigenvalue weighted by Gasteiger charge is -2.21. The summed E-state index contributed by atoms with van der Waals surface area (Å²) in [6.45, 7) is 6.10. The van der Waals surface area contributed by atoms with Crippen LogP contribution in [0.4, 0.5) is 31.0 Å². The number of halogens is 1. The van der Waals surface area contributed by atoms with E-state index in [1.165, 1.54) is 29.5 Å². The number of carbonyl (C=O) groups is 3. The van der Waals surface area contributed by atoms with E-state index in [1.54, 1.807) is 55.9 Å². The normalized spacial score (nSPS) is 12.0. The van der Waals surface area contributed by atoms with Gasteiger partial charge in [-0.25, -0.2) is 14.0 Å². The fourth-order valence-electron chi connectivity index (χ4n) is 3.66. The predicted octanol–water partition coefficient (Wildman–Crippen LogP) is 6.09. The minimum Gasteiger partial charge on any atom is -0.444 e. The van der Waals surface area contributed by atoms with Crippen LogP contribution >= 0.6 is 11.3 Å². The van der Waals surface area contributed by atoms with Crippen LogP contribution < -0.4 is 21.3 Å². The van der Waals surface area contributed by atoms with Gasteiger partial charge in [-0.15, -0.1) is 11.3 Å². The van der Waals surface area contributed by atoms with Gasteiger partial charge >= 0.3 is 12.1 Å². The van der Waals surface area contributed by atoms with E-state index in [1.807, 2.05) is 19.0 Å². The van der Waals surface area contributed by atoms with Crippen molar-refractivity contribution in [1.82, 2.24) is 15.2 Å². The molecule has 0 aliphatic rings. The highest BCUT2D eigenvalue weighted by molar-refractivity contribution is 7.09. The van der Waals surface area contributed by atoms with Crippen LogP contribution in [-0.2, 0) is 4.74 Å². The summed E-state index contributed by atoms with van der Waals surface area (Å²) in [5.41, 5.74) is 1.39. The minimum atomic E-state index is -0.658. The number of amides is 4. The van der Waals surface area contributed by atoms with E-state index in [0.29, 0.717) is 29.0 Å². The van der Waals surface area contributed by atoms with Gasteiger partial charge in [0.05, 0.1) is 17.4 Å². The number of ether oxygens (including phenoxy) is 1. The molecular weight excluding hydrogens is 535 g/mol. The molecule has 1 unspecified atom stereocenters. The van der Waals surface area contributed by atoms with Gasteiger partial charge < -0.3 is 25.6 Å². The summed E-state index contributed by atoms with van der Waals surface area (Å²) in [7, 11) is 3.94. The molecule has 2 heterocycles. The Labute approximate surface area is 237 Å². The summed E-state index contributed by atoms with van der Waals surface area (Å²) in [4.78, 5) is 44.0. The number of benzene rings is 1. The third kappa shape index (κ3) is 9.93. The van der Waals surface area contributed by atoms with Gasteiger partial charge in [-0.3, -0.25) is 15.1 Å². The molecule has 0 radical (unpaired) electrons. The van der Waals surface area contributed by atoms with Crippen LogP contribution in [-0.4, -0.2) is 54.2 Å². The first-order valence-electron chi connectivity index (χ1n) is 12.7. The van der Waals surface area contributed by atoms with E-state index >= 15 is 0 Å². The molecule has 10 nitrogen and oxygen atoms in total. The van der Waals surface area contributed by atoms with Gasteiger partial charge in [-0.2, -0.15) is 0 Å². The highest BCUT2D eigenvalue weighted by atomic mass is 32.1. The monoisotopic (exact) mass is 570 g/mol. The molecule has 0 bridgehead atoms. The van der Waals surface area contributed by atoms with Crippen molar-refractivity contribution in [3.05, 3.63) is 70.4 Å². The molecule has 0 aliphatic heterocycles. The summed E-state index contributed by atoms with van der Waals surface area (Å²) in [5, 5.41) is 14.3. The molecule has 0 saturated heterocycles. The molecule has 0 aliphatic carbocycles. The summed E-state index contributed by atoms with van der Waals surface area (Å²) in [6, 6.07) is 8.08. The number of carbonyl (C=O) groups excluding carboxylic acids is 3. The molecular formula is C28H35FN6O4S. The van der Waals surface area contributed by atoms with Gasteiger partial charge in [-0.05, 0) is 84.1 Å². The number of hydrogen-bond acceptors (Lipinski definition) is 7. The number of nitrogens with one attached hydrogen (secondary N) is 4. The number of thiophene rings is 1. The maximum Gasteiger partial charge on any atom is 0.412 e. The van der Waals surface area contributed by atoms with Gasteiger partial charge in [0.1, 0.15) is 17.1 Å². The second-order valence-electron chi connectivity index (χ2n) is 10.4.